The Labute approximate surface area is 200 Å². The Balaban J connectivity index is 1.41. The van der Waals surface area contributed by atoms with Crippen LogP contribution in [0.25, 0.3) is 10.2 Å². The van der Waals surface area contributed by atoms with Crippen LogP contribution in [0.3, 0.4) is 0 Å². The van der Waals surface area contributed by atoms with Crippen molar-refractivity contribution in [3.63, 3.8) is 0 Å². The largest absolute Gasteiger partial charge is 0.352 e. The molecule has 0 bridgehead atoms. The first-order valence-corrected chi connectivity index (χ1v) is 13.3. The summed E-state index contributed by atoms with van der Waals surface area (Å²) in [6.45, 7) is 7.60. The third kappa shape index (κ3) is 4.63. The zero-order chi connectivity index (χ0) is 22.8. The molecule has 3 aromatic rings. The first-order valence-electron chi connectivity index (χ1n) is 12.5. The molecule has 2 aliphatic rings. The van der Waals surface area contributed by atoms with Crippen molar-refractivity contribution >= 4 is 33.3 Å². The highest BCUT2D eigenvalue weighted by atomic mass is 32.1. The standard InChI is InChI=1S/C27H34N4OS/c1-3-19(2)25-28-26(24-21-12-8-5-9-13-22(21)33-27(24)29-25)31-16-14-30(15-17-31)23(32)18-20-10-6-4-7-11-20/h4,6-7,10-11,19H,3,5,8-9,12-18H2,1-2H3/t19-/m1/s1. The number of hydrogen-bond donors (Lipinski definition) is 0. The Hall–Kier alpha value is -2.47. The van der Waals surface area contributed by atoms with Crippen LogP contribution in [0.2, 0.25) is 0 Å². The van der Waals surface area contributed by atoms with Crippen LogP contribution < -0.4 is 4.90 Å². The number of nitrogens with zero attached hydrogens (tertiary/aromatic N) is 4. The zero-order valence-corrected chi connectivity index (χ0v) is 20.7. The fraction of sp³-hybridized carbons (Fsp3) is 0.519. The minimum absolute atomic E-state index is 0.221. The van der Waals surface area contributed by atoms with Crippen LogP contribution in [-0.4, -0.2) is 47.0 Å². The zero-order valence-electron chi connectivity index (χ0n) is 19.8. The first-order chi connectivity index (χ1) is 16.1. The van der Waals surface area contributed by atoms with Crippen LogP contribution >= 0.6 is 11.3 Å². The van der Waals surface area contributed by atoms with E-state index >= 15 is 0 Å². The Kier molecular flexibility index (Phi) is 6.63. The average Bonchev–Trinajstić information content (AvgIpc) is 3.04. The number of carbonyl (C=O) groups is 1. The van der Waals surface area contributed by atoms with Crippen molar-refractivity contribution in [1.82, 2.24) is 14.9 Å². The number of rotatable bonds is 5. The highest BCUT2D eigenvalue weighted by Gasteiger charge is 2.27. The Bertz CT molecular complexity index is 1120. The molecule has 1 aliphatic carbocycles. The molecule has 0 N–H and O–H groups in total. The summed E-state index contributed by atoms with van der Waals surface area (Å²) in [4.78, 5) is 30.2. The van der Waals surface area contributed by atoms with Gasteiger partial charge in [-0.1, -0.05) is 50.6 Å². The number of amides is 1. The smallest absolute Gasteiger partial charge is 0.227 e. The number of hydrogen-bond acceptors (Lipinski definition) is 5. The molecule has 1 aromatic carbocycles. The third-order valence-electron chi connectivity index (χ3n) is 7.25. The van der Waals surface area contributed by atoms with Gasteiger partial charge in [-0.2, -0.15) is 0 Å². The van der Waals surface area contributed by atoms with E-state index < -0.39 is 0 Å². The quantitative estimate of drug-likeness (QED) is 0.479. The molecule has 1 aliphatic heterocycles. The number of carbonyl (C=O) groups excluding carboxylic acids is 1. The van der Waals surface area contributed by atoms with E-state index in [9.17, 15) is 4.79 Å². The van der Waals surface area contributed by atoms with Crippen LogP contribution in [0.15, 0.2) is 30.3 Å². The molecule has 0 radical (unpaired) electrons. The lowest BCUT2D eigenvalue weighted by molar-refractivity contribution is -0.130. The van der Waals surface area contributed by atoms with E-state index in [1.54, 1.807) is 0 Å². The van der Waals surface area contributed by atoms with Crippen molar-refractivity contribution in [2.24, 2.45) is 0 Å². The van der Waals surface area contributed by atoms with Crippen molar-refractivity contribution in [3.8, 4) is 0 Å². The van der Waals surface area contributed by atoms with Gasteiger partial charge in [0.05, 0.1) is 11.8 Å². The summed E-state index contributed by atoms with van der Waals surface area (Å²) in [6, 6.07) is 10.1. The van der Waals surface area contributed by atoms with Crippen LogP contribution in [0.1, 0.15) is 67.3 Å². The summed E-state index contributed by atoms with van der Waals surface area (Å²) in [6.07, 6.45) is 7.69. The molecular weight excluding hydrogens is 428 g/mol. The van der Waals surface area contributed by atoms with Gasteiger partial charge in [0.25, 0.3) is 0 Å². The minimum Gasteiger partial charge on any atom is -0.352 e. The number of thiophene rings is 1. The predicted molar refractivity (Wildman–Crippen MR) is 136 cm³/mol. The highest BCUT2D eigenvalue weighted by Crippen LogP contribution is 2.40. The normalized spacial score (nSPS) is 17.6. The Morgan fingerprint density at radius 3 is 2.55 bits per heavy atom. The van der Waals surface area contributed by atoms with Crippen molar-refractivity contribution in [1.29, 1.82) is 0 Å². The monoisotopic (exact) mass is 462 g/mol. The SMILES string of the molecule is CC[C@@H](C)c1nc(N2CCN(C(=O)Cc3ccccc3)CC2)c2c3c(sc2n1)CCCCC3. The van der Waals surface area contributed by atoms with Gasteiger partial charge in [0.1, 0.15) is 16.5 Å². The maximum atomic E-state index is 12.9. The number of anilines is 1. The lowest BCUT2D eigenvalue weighted by Gasteiger charge is -2.36. The first kappa shape index (κ1) is 22.3. The highest BCUT2D eigenvalue weighted by molar-refractivity contribution is 7.19. The van der Waals surface area contributed by atoms with Gasteiger partial charge >= 0.3 is 0 Å². The topological polar surface area (TPSA) is 49.3 Å². The van der Waals surface area contributed by atoms with Gasteiger partial charge in [-0.25, -0.2) is 9.97 Å². The summed E-state index contributed by atoms with van der Waals surface area (Å²) < 4.78 is 0. The van der Waals surface area contributed by atoms with Crippen molar-refractivity contribution in [2.45, 2.75) is 64.7 Å². The van der Waals surface area contributed by atoms with Crippen LogP contribution in [0, 0.1) is 0 Å². The molecule has 1 amide bonds. The van der Waals surface area contributed by atoms with Gasteiger partial charge in [-0.15, -0.1) is 11.3 Å². The fourth-order valence-electron chi connectivity index (χ4n) is 5.01. The van der Waals surface area contributed by atoms with Crippen molar-refractivity contribution < 1.29 is 4.79 Å². The molecule has 5 rings (SSSR count). The molecule has 1 atom stereocenters. The molecule has 2 aromatic heterocycles. The molecule has 0 saturated carbocycles. The molecule has 0 unspecified atom stereocenters. The number of piperazine rings is 1. The van der Waals surface area contributed by atoms with E-state index in [0.29, 0.717) is 12.3 Å². The van der Waals surface area contributed by atoms with Crippen LogP contribution in [-0.2, 0) is 24.1 Å². The van der Waals surface area contributed by atoms with Gasteiger partial charge in [0.15, 0.2) is 0 Å². The second-order valence-corrected chi connectivity index (χ2v) is 10.6. The second kappa shape index (κ2) is 9.80. The van der Waals surface area contributed by atoms with Gasteiger partial charge in [0, 0.05) is 37.0 Å². The van der Waals surface area contributed by atoms with E-state index in [-0.39, 0.29) is 5.91 Å². The maximum Gasteiger partial charge on any atom is 0.227 e. The summed E-state index contributed by atoms with van der Waals surface area (Å²) in [5, 5.41) is 1.30. The summed E-state index contributed by atoms with van der Waals surface area (Å²) in [5.74, 6) is 2.66. The van der Waals surface area contributed by atoms with Crippen LogP contribution in [0.4, 0.5) is 5.82 Å². The molecule has 1 fully saturated rings. The second-order valence-electron chi connectivity index (χ2n) is 9.49. The van der Waals surface area contributed by atoms with E-state index in [4.69, 9.17) is 9.97 Å². The van der Waals surface area contributed by atoms with E-state index in [1.807, 2.05) is 46.6 Å². The summed E-state index contributed by atoms with van der Waals surface area (Å²) >= 11 is 1.90. The number of fused-ring (bicyclic) bond motifs is 3. The Morgan fingerprint density at radius 1 is 1.03 bits per heavy atom. The minimum atomic E-state index is 0.221. The van der Waals surface area contributed by atoms with E-state index in [1.165, 1.54) is 46.3 Å². The summed E-state index contributed by atoms with van der Waals surface area (Å²) in [7, 11) is 0. The van der Waals surface area contributed by atoms with E-state index in [2.05, 4.69) is 18.7 Å². The number of aryl methyl sites for hydroxylation is 2. The predicted octanol–water partition coefficient (Wildman–Crippen LogP) is 5.37. The van der Waals surface area contributed by atoms with Gasteiger partial charge < -0.3 is 9.80 Å². The lowest BCUT2D eigenvalue weighted by atomic mass is 10.1. The third-order valence-corrected chi connectivity index (χ3v) is 8.43. The molecule has 1 saturated heterocycles. The lowest BCUT2D eigenvalue weighted by Crippen LogP contribution is -2.49. The molecule has 6 heteroatoms. The van der Waals surface area contributed by atoms with Gasteiger partial charge in [-0.3, -0.25) is 4.79 Å². The molecular formula is C27H34N4OS. The van der Waals surface area contributed by atoms with E-state index in [0.717, 1.165) is 56.2 Å². The number of aromatic nitrogens is 2. The average molecular weight is 463 g/mol. The molecule has 5 nitrogen and oxygen atoms in total. The van der Waals surface area contributed by atoms with Gasteiger partial charge in [-0.05, 0) is 43.2 Å². The Morgan fingerprint density at radius 2 is 1.79 bits per heavy atom. The molecule has 0 spiro atoms. The maximum absolute atomic E-state index is 12.9. The van der Waals surface area contributed by atoms with Crippen LogP contribution in [0.5, 0.6) is 0 Å². The molecule has 3 heterocycles. The molecule has 174 valence electrons. The molecule has 33 heavy (non-hydrogen) atoms. The fourth-order valence-corrected chi connectivity index (χ4v) is 6.28. The van der Waals surface area contributed by atoms with Gasteiger partial charge in [0.2, 0.25) is 5.91 Å². The number of benzene rings is 1. The van der Waals surface area contributed by atoms with Crippen molar-refractivity contribution in [3.05, 3.63) is 52.2 Å². The van der Waals surface area contributed by atoms with Crippen molar-refractivity contribution in [2.75, 3.05) is 31.1 Å². The summed E-state index contributed by atoms with van der Waals surface area (Å²) in [5.41, 5.74) is 2.59.